The van der Waals surface area contributed by atoms with E-state index in [-0.39, 0.29) is 11.8 Å². The molecule has 0 saturated heterocycles. The second-order valence-electron chi connectivity index (χ2n) is 8.54. The highest BCUT2D eigenvalue weighted by molar-refractivity contribution is 5.91. The molecule has 1 rings (SSSR count). The fourth-order valence-corrected chi connectivity index (χ4v) is 3.18. The van der Waals surface area contributed by atoms with Crippen molar-refractivity contribution in [1.29, 1.82) is 0 Å². The molecule has 1 aromatic rings. The van der Waals surface area contributed by atoms with Gasteiger partial charge in [-0.2, -0.15) is 0 Å². The van der Waals surface area contributed by atoms with E-state index >= 15 is 0 Å². The van der Waals surface area contributed by atoms with Crippen LogP contribution in [-0.2, 0) is 9.53 Å². The first kappa shape index (κ1) is 33.6. The van der Waals surface area contributed by atoms with E-state index in [1.807, 2.05) is 0 Å². The lowest BCUT2D eigenvalue weighted by Gasteiger charge is -2.22. The SMILES string of the molecule is CCCCCCCCCCCCOC(=O)c1cc(O)c(O)c(O)c1.O=CC(O)C(O)C(O)C(O)CO. The highest BCUT2D eigenvalue weighted by atomic mass is 16.5. The number of rotatable bonds is 17. The summed E-state index contributed by atoms with van der Waals surface area (Å²) in [6.45, 7) is 1.78. The number of ether oxygens (including phenoxy) is 1. The Kier molecular flexibility index (Phi) is 18.4. The predicted octanol–water partition coefficient (Wildman–Crippen LogP) is 1.50. The molecule has 0 saturated carbocycles. The van der Waals surface area contributed by atoms with Gasteiger partial charge in [-0.25, -0.2) is 4.79 Å². The summed E-state index contributed by atoms with van der Waals surface area (Å²) in [6, 6.07) is 2.16. The van der Waals surface area contributed by atoms with Crippen LogP contribution in [0, 0.1) is 0 Å². The summed E-state index contributed by atoms with van der Waals surface area (Å²) in [7, 11) is 0. The van der Waals surface area contributed by atoms with Crippen molar-refractivity contribution in [3.63, 3.8) is 0 Å². The van der Waals surface area contributed by atoms with Crippen LogP contribution in [0.1, 0.15) is 81.5 Å². The summed E-state index contributed by atoms with van der Waals surface area (Å²) >= 11 is 0. The van der Waals surface area contributed by atoms with Crippen molar-refractivity contribution in [2.24, 2.45) is 0 Å². The third-order valence-electron chi connectivity index (χ3n) is 5.46. The van der Waals surface area contributed by atoms with E-state index in [0.717, 1.165) is 31.4 Å². The van der Waals surface area contributed by atoms with Gasteiger partial charge in [0, 0.05) is 0 Å². The highest BCUT2D eigenvalue weighted by Gasteiger charge is 2.29. The summed E-state index contributed by atoms with van der Waals surface area (Å²) < 4.78 is 5.11. The lowest BCUT2D eigenvalue weighted by Crippen LogP contribution is -2.46. The minimum Gasteiger partial charge on any atom is -0.504 e. The molecule has 0 radical (unpaired) electrons. The first-order valence-electron chi connectivity index (χ1n) is 12.3. The molecule has 11 nitrogen and oxygen atoms in total. The zero-order valence-corrected chi connectivity index (χ0v) is 20.8. The van der Waals surface area contributed by atoms with Gasteiger partial charge in [-0.1, -0.05) is 64.7 Å². The molecule has 4 atom stereocenters. The topological polar surface area (TPSA) is 205 Å². The van der Waals surface area contributed by atoms with Crippen LogP contribution in [-0.4, -0.2) is 90.7 Å². The number of aldehydes is 1. The predicted molar refractivity (Wildman–Crippen MR) is 131 cm³/mol. The molecular weight excluding hydrogens is 476 g/mol. The number of unbranched alkanes of at least 4 members (excludes halogenated alkanes) is 9. The smallest absolute Gasteiger partial charge is 0.338 e. The normalized spacial score (nSPS) is 14.2. The zero-order valence-electron chi connectivity index (χ0n) is 20.8. The number of carbonyl (C=O) groups is 2. The van der Waals surface area contributed by atoms with Crippen molar-refractivity contribution in [3.05, 3.63) is 17.7 Å². The van der Waals surface area contributed by atoms with Gasteiger partial charge in [0.1, 0.15) is 24.4 Å². The maximum absolute atomic E-state index is 11.8. The van der Waals surface area contributed by atoms with Crippen molar-refractivity contribution in [1.82, 2.24) is 0 Å². The minimum atomic E-state index is -1.79. The van der Waals surface area contributed by atoms with E-state index in [2.05, 4.69) is 6.92 Å². The fourth-order valence-electron chi connectivity index (χ4n) is 3.18. The number of benzene rings is 1. The van der Waals surface area contributed by atoms with Crippen LogP contribution in [0.15, 0.2) is 12.1 Å². The average molecular weight is 519 g/mol. The summed E-state index contributed by atoms with van der Waals surface area (Å²) in [5, 5.41) is 71.5. The van der Waals surface area contributed by atoms with Gasteiger partial charge < -0.3 is 50.4 Å². The van der Waals surface area contributed by atoms with Crippen molar-refractivity contribution in [2.75, 3.05) is 13.2 Å². The van der Waals surface area contributed by atoms with E-state index in [4.69, 9.17) is 30.3 Å². The van der Waals surface area contributed by atoms with Crippen LogP contribution >= 0.6 is 0 Å². The van der Waals surface area contributed by atoms with Gasteiger partial charge in [0.2, 0.25) is 0 Å². The molecule has 0 bridgehead atoms. The molecule has 0 aliphatic rings. The molecule has 0 amide bonds. The van der Waals surface area contributed by atoms with Crippen LogP contribution in [0.5, 0.6) is 17.2 Å². The summed E-state index contributed by atoms with van der Waals surface area (Å²) in [5.41, 5.74) is 0.0230. The lowest BCUT2D eigenvalue weighted by molar-refractivity contribution is -0.136. The number of phenols is 3. The standard InChI is InChI=1S/C19H30O5.C6H12O6/c1-2-3-4-5-6-7-8-9-10-11-12-24-19(23)15-13-16(20)18(22)17(21)14-15;7-1-3(9)5(11)6(12)4(10)2-8/h13-14,20-22H,2-12H2,1H3;1,3-6,8-12H,2H2. The van der Waals surface area contributed by atoms with Gasteiger partial charge in [-0.3, -0.25) is 0 Å². The third kappa shape index (κ3) is 13.6. The Labute approximate surface area is 211 Å². The monoisotopic (exact) mass is 518 g/mol. The number of carbonyl (C=O) groups excluding carboxylic acids is 2. The number of aromatic hydroxyl groups is 3. The zero-order chi connectivity index (χ0) is 27.5. The number of aliphatic hydroxyl groups is 5. The first-order valence-corrected chi connectivity index (χ1v) is 12.3. The summed E-state index contributed by atoms with van der Waals surface area (Å²) in [5.74, 6) is -2.33. The van der Waals surface area contributed by atoms with E-state index in [9.17, 15) is 24.9 Å². The van der Waals surface area contributed by atoms with E-state index in [1.54, 1.807) is 0 Å². The molecule has 4 unspecified atom stereocenters. The molecule has 11 heteroatoms. The summed E-state index contributed by atoms with van der Waals surface area (Å²) in [6.07, 6.45) is 5.22. The molecule has 0 spiro atoms. The Balaban J connectivity index is 0.000000860. The van der Waals surface area contributed by atoms with Gasteiger partial charge >= 0.3 is 5.97 Å². The van der Waals surface area contributed by atoms with Crippen molar-refractivity contribution in [2.45, 2.75) is 95.5 Å². The van der Waals surface area contributed by atoms with Crippen molar-refractivity contribution in [3.8, 4) is 17.2 Å². The number of hydrogen-bond acceptors (Lipinski definition) is 11. The van der Waals surface area contributed by atoms with E-state index in [0.29, 0.717) is 6.61 Å². The fraction of sp³-hybridized carbons (Fsp3) is 0.680. The molecule has 0 heterocycles. The Hall–Kier alpha value is -2.44. The highest BCUT2D eigenvalue weighted by Crippen LogP contribution is 2.35. The van der Waals surface area contributed by atoms with Gasteiger partial charge in [0.15, 0.2) is 23.5 Å². The molecule has 1 aromatic carbocycles. The molecular formula is C25H42O11. The molecule has 0 aliphatic heterocycles. The van der Waals surface area contributed by atoms with Crippen LogP contribution in [0.25, 0.3) is 0 Å². The van der Waals surface area contributed by atoms with Gasteiger partial charge in [-0.15, -0.1) is 0 Å². The Bertz CT molecular complexity index is 718. The lowest BCUT2D eigenvalue weighted by atomic mass is 10.0. The van der Waals surface area contributed by atoms with Crippen LogP contribution in [0.2, 0.25) is 0 Å². The second-order valence-corrected chi connectivity index (χ2v) is 8.54. The average Bonchev–Trinajstić information content (AvgIpc) is 2.88. The Morgan fingerprint density at radius 2 is 1.31 bits per heavy atom. The molecule has 208 valence electrons. The molecule has 0 aliphatic carbocycles. The number of aliphatic hydroxyl groups excluding tert-OH is 5. The number of hydrogen-bond donors (Lipinski definition) is 8. The minimum absolute atomic E-state index is 0.0230. The van der Waals surface area contributed by atoms with E-state index < -0.39 is 54.2 Å². The molecule has 8 N–H and O–H groups in total. The number of esters is 1. The van der Waals surface area contributed by atoms with Crippen LogP contribution in [0.3, 0.4) is 0 Å². The second kappa shape index (κ2) is 19.7. The van der Waals surface area contributed by atoms with Crippen LogP contribution < -0.4 is 0 Å². The molecule has 0 fully saturated rings. The third-order valence-corrected chi connectivity index (χ3v) is 5.46. The summed E-state index contributed by atoms with van der Waals surface area (Å²) in [4.78, 5) is 21.7. The largest absolute Gasteiger partial charge is 0.504 e. The van der Waals surface area contributed by atoms with Gasteiger partial charge in [0.25, 0.3) is 0 Å². The van der Waals surface area contributed by atoms with Gasteiger partial charge in [0.05, 0.1) is 18.8 Å². The quantitative estimate of drug-likeness (QED) is 0.0642. The maximum atomic E-state index is 11.8. The Morgan fingerprint density at radius 1 is 0.833 bits per heavy atom. The maximum Gasteiger partial charge on any atom is 0.338 e. The molecule has 0 aromatic heterocycles. The number of phenolic OH excluding ortho intramolecular Hbond substituents is 3. The Morgan fingerprint density at radius 3 is 1.75 bits per heavy atom. The van der Waals surface area contributed by atoms with E-state index in [1.165, 1.54) is 44.9 Å². The van der Waals surface area contributed by atoms with Gasteiger partial charge in [-0.05, 0) is 18.6 Å². The first-order chi connectivity index (χ1) is 17.1. The van der Waals surface area contributed by atoms with Crippen molar-refractivity contribution < 1.29 is 55.2 Å². The van der Waals surface area contributed by atoms with Crippen molar-refractivity contribution >= 4 is 12.3 Å². The molecule has 36 heavy (non-hydrogen) atoms. The van der Waals surface area contributed by atoms with Crippen LogP contribution in [0.4, 0.5) is 0 Å².